The smallest absolute Gasteiger partial charge is 0.267 e. The van der Waals surface area contributed by atoms with Crippen molar-refractivity contribution in [3.8, 4) is 16.9 Å². The van der Waals surface area contributed by atoms with Gasteiger partial charge in [-0.1, -0.05) is 17.4 Å². The summed E-state index contributed by atoms with van der Waals surface area (Å²) in [6, 6.07) is 7.18. The molecule has 3 aromatic rings. The van der Waals surface area contributed by atoms with E-state index < -0.39 is 26.6 Å². The molecular formula is C17H14F2N2O3S2. The molecule has 9 heteroatoms. The molecule has 0 amide bonds. The number of aromatic nitrogens is 1. The van der Waals surface area contributed by atoms with Crippen LogP contribution in [0.3, 0.4) is 0 Å². The van der Waals surface area contributed by atoms with E-state index in [4.69, 9.17) is 5.14 Å². The van der Waals surface area contributed by atoms with Gasteiger partial charge in [0.25, 0.3) is 0 Å². The van der Waals surface area contributed by atoms with Crippen LogP contribution in [0.1, 0.15) is 11.1 Å². The Morgan fingerprint density at radius 3 is 2.04 bits per heavy atom. The van der Waals surface area contributed by atoms with Gasteiger partial charge in [-0.2, -0.15) is 0 Å². The Bertz CT molecular complexity index is 1140. The highest BCUT2D eigenvalue weighted by molar-refractivity contribution is 7.89. The molecule has 0 bridgehead atoms. The summed E-state index contributed by atoms with van der Waals surface area (Å²) in [5.41, 5.74) is 2.69. The lowest BCUT2D eigenvalue weighted by Crippen LogP contribution is -2.17. The predicted molar refractivity (Wildman–Crippen MR) is 96.1 cm³/mol. The molecule has 0 aliphatic rings. The SMILES string of the molecule is Cc1cc(C)cc(-n2c(-c3cc(F)c(S(N)(=O)=O)c(F)c3)csc2=O)c1. The van der Waals surface area contributed by atoms with Gasteiger partial charge in [0.2, 0.25) is 10.0 Å². The lowest BCUT2D eigenvalue weighted by Gasteiger charge is -2.11. The molecule has 1 aromatic heterocycles. The number of hydrogen-bond donors (Lipinski definition) is 1. The molecule has 2 N–H and O–H groups in total. The van der Waals surface area contributed by atoms with Gasteiger partial charge < -0.3 is 0 Å². The highest BCUT2D eigenvalue weighted by Crippen LogP contribution is 2.29. The number of sulfonamides is 1. The number of thiazole rings is 1. The van der Waals surface area contributed by atoms with Crippen LogP contribution in [0.25, 0.3) is 16.9 Å². The highest BCUT2D eigenvalue weighted by Gasteiger charge is 2.23. The average molecular weight is 396 g/mol. The van der Waals surface area contributed by atoms with Crippen LogP contribution in [0, 0.1) is 25.5 Å². The van der Waals surface area contributed by atoms with E-state index in [0.29, 0.717) is 5.69 Å². The maximum Gasteiger partial charge on any atom is 0.312 e. The number of aryl methyl sites for hydroxylation is 2. The minimum atomic E-state index is -4.55. The molecule has 0 saturated heterocycles. The number of rotatable bonds is 3. The number of primary sulfonamides is 1. The van der Waals surface area contributed by atoms with Crippen molar-refractivity contribution >= 4 is 21.4 Å². The second kappa shape index (κ2) is 6.42. The standard InChI is InChI=1S/C17H14F2N2O3S2/c1-9-3-10(2)5-12(4-9)21-15(8-25-17(21)22)11-6-13(18)16(14(19)7-11)26(20,23)24/h3-8H,1-2H3,(H2,20,23,24). The maximum atomic E-state index is 14.2. The Hall–Kier alpha value is -2.36. The first kappa shape index (κ1) is 18.4. The first-order valence-electron chi connectivity index (χ1n) is 7.39. The van der Waals surface area contributed by atoms with Gasteiger partial charge in [0.1, 0.15) is 11.6 Å². The topological polar surface area (TPSA) is 82.2 Å². The number of halogens is 2. The second-order valence-corrected chi connectivity index (χ2v) is 8.20. The summed E-state index contributed by atoms with van der Waals surface area (Å²) in [5, 5.41) is 6.31. The number of hydrogen-bond acceptors (Lipinski definition) is 4. The second-order valence-electron chi connectivity index (χ2n) is 5.88. The van der Waals surface area contributed by atoms with Crippen LogP contribution in [-0.2, 0) is 10.0 Å². The zero-order valence-corrected chi connectivity index (χ0v) is 15.4. The fourth-order valence-electron chi connectivity index (χ4n) is 2.81. The van der Waals surface area contributed by atoms with Crippen LogP contribution in [-0.4, -0.2) is 13.0 Å². The van der Waals surface area contributed by atoms with Crippen molar-refractivity contribution in [3.63, 3.8) is 0 Å². The molecule has 0 atom stereocenters. The van der Waals surface area contributed by atoms with Crippen LogP contribution in [0.2, 0.25) is 0 Å². The molecule has 0 saturated carbocycles. The van der Waals surface area contributed by atoms with Crippen molar-refractivity contribution in [2.24, 2.45) is 5.14 Å². The fraction of sp³-hybridized carbons (Fsp3) is 0.118. The Morgan fingerprint density at radius 1 is 1.00 bits per heavy atom. The van der Waals surface area contributed by atoms with Crippen LogP contribution in [0.5, 0.6) is 0 Å². The third-order valence-corrected chi connectivity index (χ3v) is 5.42. The Morgan fingerprint density at radius 2 is 1.54 bits per heavy atom. The molecule has 3 rings (SSSR count). The normalized spacial score (nSPS) is 11.7. The molecular weight excluding hydrogens is 382 g/mol. The molecule has 1 heterocycles. The largest absolute Gasteiger partial charge is 0.312 e. The van der Waals surface area contributed by atoms with Crippen LogP contribution >= 0.6 is 11.3 Å². The van der Waals surface area contributed by atoms with Gasteiger partial charge in [-0.05, 0) is 49.2 Å². The molecule has 26 heavy (non-hydrogen) atoms. The van der Waals surface area contributed by atoms with E-state index >= 15 is 0 Å². The van der Waals surface area contributed by atoms with E-state index in [1.807, 2.05) is 19.9 Å². The first-order chi connectivity index (χ1) is 12.1. The van der Waals surface area contributed by atoms with E-state index in [1.54, 1.807) is 12.1 Å². The van der Waals surface area contributed by atoms with E-state index in [1.165, 1.54) is 9.95 Å². The van der Waals surface area contributed by atoms with Gasteiger partial charge in [0.15, 0.2) is 4.90 Å². The quantitative estimate of drug-likeness (QED) is 0.739. The summed E-state index contributed by atoms with van der Waals surface area (Å²) in [6.07, 6.45) is 0. The Kier molecular flexibility index (Phi) is 4.55. The van der Waals surface area contributed by atoms with Gasteiger partial charge in [-0.25, -0.2) is 22.3 Å². The van der Waals surface area contributed by atoms with Crippen LogP contribution < -0.4 is 10.0 Å². The Balaban J connectivity index is 2.26. The number of benzene rings is 2. The average Bonchev–Trinajstić information content (AvgIpc) is 2.85. The van der Waals surface area contributed by atoms with E-state index in [2.05, 4.69) is 0 Å². The van der Waals surface area contributed by atoms with Crippen molar-refractivity contribution < 1.29 is 17.2 Å². The first-order valence-corrected chi connectivity index (χ1v) is 9.82. The summed E-state index contributed by atoms with van der Waals surface area (Å²) in [6.45, 7) is 3.74. The van der Waals surface area contributed by atoms with E-state index in [9.17, 15) is 22.0 Å². The van der Waals surface area contributed by atoms with Gasteiger partial charge >= 0.3 is 4.87 Å². The van der Waals surface area contributed by atoms with Crippen molar-refractivity contribution in [1.29, 1.82) is 0 Å². The number of nitrogens with zero attached hydrogens (tertiary/aromatic N) is 1. The van der Waals surface area contributed by atoms with Crippen LogP contribution in [0.15, 0.2) is 45.4 Å². The lowest BCUT2D eigenvalue weighted by atomic mass is 10.1. The number of nitrogens with two attached hydrogens (primary N) is 1. The van der Waals surface area contributed by atoms with E-state index in [0.717, 1.165) is 34.6 Å². The van der Waals surface area contributed by atoms with Crippen LogP contribution in [0.4, 0.5) is 8.78 Å². The van der Waals surface area contributed by atoms with Crippen molar-refractivity contribution in [3.05, 3.63) is 68.1 Å². The maximum absolute atomic E-state index is 14.2. The molecule has 0 fully saturated rings. The predicted octanol–water partition coefficient (Wildman–Crippen LogP) is 3.11. The van der Waals surface area contributed by atoms with Crippen molar-refractivity contribution in [2.75, 3.05) is 0 Å². The summed E-state index contributed by atoms with van der Waals surface area (Å²) in [7, 11) is -4.55. The molecule has 2 aromatic carbocycles. The van der Waals surface area contributed by atoms with Gasteiger partial charge in [-0.3, -0.25) is 9.36 Å². The van der Waals surface area contributed by atoms with Gasteiger partial charge in [0, 0.05) is 10.9 Å². The summed E-state index contributed by atoms with van der Waals surface area (Å²) >= 11 is 0.873. The third kappa shape index (κ3) is 3.33. The lowest BCUT2D eigenvalue weighted by molar-refractivity contribution is 0.520. The molecule has 0 radical (unpaired) electrons. The third-order valence-electron chi connectivity index (χ3n) is 3.74. The minimum absolute atomic E-state index is 0.0323. The molecule has 0 unspecified atom stereocenters. The highest BCUT2D eigenvalue weighted by atomic mass is 32.2. The Labute approximate surface area is 152 Å². The van der Waals surface area contributed by atoms with Gasteiger partial charge in [-0.15, -0.1) is 0 Å². The molecule has 5 nitrogen and oxygen atoms in total. The van der Waals surface area contributed by atoms with Crippen molar-refractivity contribution in [2.45, 2.75) is 18.7 Å². The molecule has 136 valence electrons. The zero-order valence-electron chi connectivity index (χ0n) is 13.8. The fourth-order valence-corrected chi connectivity index (χ4v) is 4.24. The van der Waals surface area contributed by atoms with Crippen molar-refractivity contribution in [1.82, 2.24) is 4.57 Å². The van der Waals surface area contributed by atoms with E-state index in [-0.39, 0.29) is 16.1 Å². The molecule has 0 aliphatic heterocycles. The zero-order chi connectivity index (χ0) is 19.2. The molecule has 0 aliphatic carbocycles. The summed E-state index contributed by atoms with van der Waals surface area (Å²) < 4.78 is 52.4. The summed E-state index contributed by atoms with van der Waals surface area (Å²) in [4.78, 5) is 10.8. The van der Waals surface area contributed by atoms with Gasteiger partial charge in [0.05, 0.1) is 11.4 Å². The molecule has 0 spiro atoms. The minimum Gasteiger partial charge on any atom is -0.267 e. The summed E-state index contributed by atoms with van der Waals surface area (Å²) in [5.74, 6) is -2.62. The monoisotopic (exact) mass is 396 g/mol.